The van der Waals surface area contributed by atoms with E-state index in [-0.39, 0.29) is 5.82 Å². The number of halogens is 2. The van der Waals surface area contributed by atoms with Crippen LogP contribution in [0.2, 0.25) is 5.02 Å². The van der Waals surface area contributed by atoms with Crippen molar-refractivity contribution in [1.82, 2.24) is 29.8 Å². The summed E-state index contributed by atoms with van der Waals surface area (Å²) in [5.41, 5.74) is -0.851. The number of ether oxygens (including phenoxy) is 1. The number of aliphatic hydroxyl groups excluding tert-OH is 3. The smallest absolute Gasteiger partial charge is 0.233 e. The van der Waals surface area contributed by atoms with Gasteiger partial charge in [0.15, 0.2) is 5.82 Å². The number of pyridine rings is 1. The van der Waals surface area contributed by atoms with Gasteiger partial charge in [0.1, 0.15) is 29.8 Å². The van der Waals surface area contributed by atoms with E-state index >= 15 is 0 Å². The summed E-state index contributed by atoms with van der Waals surface area (Å²) in [7, 11) is 0. The highest BCUT2D eigenvalue weighted by Gasteiger charge is 2.46. The fraction of sp³-hybridized carbons (Fsp3) is 0.375. The lowest BCUT2D eigenvalue weighted by Crippen LogP contribution is -2.55. The van der Waals surface area contributed by atoms with Crippen molar-refractivity contribution in [2.45, 2.75) is 34.7 Å². The lowest BCUT2D eigenvalue weighted by atomic mass is 9.97. The fourth-order valence-corrected chi connectivity index (χ4v) is 4.34. The van der Waals surface area contributed by atoms with Crippen molar-refractivity contribution >= 4 is 23.4 Å². The van der Waals surface area contributed by atoms with Gasteiger partial charge < -0.3 is 20.1 Å². The molecule has 1 aliphatic heterocycles. The van der Waals surface area contributed by atoms with Crippen LogP contribution < -0.4 is 0 Å². The molecule has 0 bridgehead atoms. The van der Waals surface area contributed by atoms with Gasteiger partial charge in [0, 0.05) is 29.6 Å². The summed E-state index contributed by atoms with van der Waals surface area (Å²) in [6.45, 7) is -0.471. The molecular weight excluding hydrogens is 427 g/mol. The van der Waals surface area contributed by atoms with Gasteiger partial charge >= 0.3 is 0 Å². The third-order valence-corrected chi connectivity index (χ3v) is 5.70. The number of thioether (sulfide) groups is 1. The van der Waals surface area contributed by atoms with Crippen LogP contribution in [0.25, 0.3) is 5.82 Å². The maximum absolute atomic E-state index is 13.2. The molecule has 2 unspecified atom stereocenters. The van der Waals surface area contributed by atoms with Crippen LogP contribution in [0.5, 0.6) is 0 Å². The molecule has 3 aromatic rings. The summed E-state index contributed by atoms with van der Waals surface area (Å²) >= 11 is 7.09. The van der Waals surface area contributed by atoms with Gasteiger partial charge in [-0.1, -0.05) is 28.6 Å². The number of hydrogen-bond acceptors (Lipinski definition) is 9. The van der Waals surface area contributed by atoms with Crippen molar-refractivity contribution in [3.8, 4) is 5.82 Å². The highest BCUT2D eigenvalue weighted by Crippen LogP contribution is 2.38. The first kappa shape index (κ1) is 20.2. The molecule has 0 saturated carbocycles. The Morgan fingerprint density at radius 2 is 2.10 bits per heavy atom. The standard InChI is InChI=1S/C16H16ClFN6O4S/c17-8-3-9(5-19-4-8)29-16-15(27)13(14(26)10(7-25)28-16)24-6-12(20-22-24)23-2-1-11(18)21-23/h1-6,10,13-16,25-27H,7H2/t10?,13-,14-,15?,16+/m0/s1. The molecule has 0 radical (unpaired) electrons. The molecule has 29 heavy (non-hydrogen) atoms. The Balaban J connectivity index is 1.61. The van der Waals surface area contributed by atoms with Crippen molar-refractivity contribution < 1.29 is 24.4 Å². The molecule has 1 saturated heterocycles. The summed E-state index contributed by atoms with van der Waals surface area (Å²) < 4.78 is 21.2. The predicted molar refractivity (Wildman–Crippen MR) is 99.0 cm³/mol. The molecule has 4 heterocycles. The summed E-state index contributed by atoms with van der Waals surface area (Å²) in [6.07, 6.45) is 2.34. The highest BCUT2D eigenvalue weighted by molar-refractivity contribution is 7.99. The van der Waals surface area contributed by atoms with Gasteiger partial charge in [-0.15, -0.1) is 10.2 Å². The maximum atomic E-state index is 13.2. The molecule has 0 aliphatic carbocycles. The Bertz CT molecular complexity index is 990. The second-order valence-electron chi connectivity index (χ2n) is 6.29. The van der Waals surface area contributed by atoms with Crippen molar-refractivity contribution in [2.24, 2.45) is 0 Å². The summed E-state index contributed by atoms with van der Waals surface area (Å²) in [5.74, 6) is -0.485. The number of aliphatic hydroxyl groups is 3. The molecule has 5 atom stereocenters. The molecule has 3 aromatic heterocycles. The molecular formula is C16H16ClFN6O4S. The first-order chi connectivity index (χ1) is 14.0. The third kappa shape index (κ3) is 4.13. The lowest BCUT2D eigenvalue weighted by Gasteiger charge is -2.41. The van der Waals surface area contributed by atoms with E-state index in [1.165, 1.54) is 28.0 Å². The van der Waals surface area contributed by atoms with Gasteiger partial charge in [-0.05, 0) is 6.07 Å². The van der Waals surface area contributed by atoms with Crippen LogP contribution in [0.4, 0.5) is 4.39 Å². The van der Waals surface area contributed by atoms with E-state index in [9.17, 15) is 19.7 Å². The fourth-order valence-electron chi connectivity index (χ4n) is 3.02. The van der Waals surface area contributed by atoms with E-state index < -0.39 is 42.3 Å². The largest absolute Gasteiger partial charge is 0.394 e. The predicted octanol–water partition coefficient (Wildman–Crippen LogP) is 0.424. The van der Waals surface area contributed by atoms with Crippen LogP contribution >= 0.6 is 23.4 Å². The molecule has 3 N–H and O–H groups in total. The zero-order valence-corrected chi connectivity index (χ0v) is 16.2. The van der Waals surface area contributed by atoms with Gasteiger partial charge in [0.05, 0.1) is 17.8 Å². The molecule has 0 amide bonds. The van der Waals surface area contributed by atoms with Crippen molar-refractivity contribution in [3.05, 3.63) is 47.9 Å². The molecule has 0 spiro atoms. The van der Waals surface area contributed by atoms with Gasteiger partial charge in [-0.2, -0.15) is 4.39 Å². The monoisotopic (exact) mass is 442 g/mol. The molecule has 4 rings (SSSR count). The maximum Gasteiger partial charge on any atom is 0.233 e. The van der Waals surface area contributed by atoms with Crippen molar-refractivity contribution in [1.29, 1.82) is 0 Å². The first-order valence-corrected chi connectivity index (χ1v) is 9.75. The van der Waals surface area contributed by atoms with E-state index in [4.69, 9.17) is 16.3 Å². The van der Waals surface area contributed by atoms with E-state index in [0.717, 1.165) is 17.8 Å². The average molecular weight is 443 g/mol. The molecule has 1 fully saturated rings. The second kappa shape index (κ2) is 8.34. The van der Waals surface area contributed by atoms with Crippen LogP contribution in [-0.4, -0.2) is 75.4 Å². The van der Waals surface area contributed by atoms with Crippen LogP contribution in [0.3, 0.4) is 0 Å². The second-order valence-corrected chi connectivity index (χ2v) is 7.90. The number of rotatable bonds is 5. The Labute approximate surface area is 172 Å². The summed E-state index contributed by atoms with van der Waals surface area (Å²) in [5, 5.41) is 43.0. The Morgan fingerprint density at radius 1 is 1.28 bits per heavy atom. The summed E-state index contributed by atoms with van der Waals surface area (Å²) in [6, 6.07) is 1.83. The quantitative estimate of drug-likeness (QED) is 0.514. The van der Waals surface area contributed by atoms with Gasteiger partial charge in [-0.3, -0.25) is 4.98 Å². The normalized spacial score (nSPS) is 27.3. The van der Waals surface area contributed by atoms with E-state index in [2.05, 4.69) is 20.4 Å². The zero-order chi connectivity index (χ0) is 20.5. The summed E-state index contributed by atoms with van der Waals surface area (Å²) in [4.78, 5) is 4.63. The van der Waals surface area contributed by atoms with Crippen LogP contribution in [-0.2, 0) is 4.74 Å². The number of aromatic nitrogens is 6. The van der Waals surface area contributed by atoms with Crippen LogP contribution in [0.15, 0.2) is 41.8 Å². The minimum atomic E-state index is -1.27. The Kier molecular flexibility index (Phi) is 5.81. The van der Waals surface area contributed by atoms with Crippen molar-refractivity contribution in [3.63, 3.8) is 0 Å². The van der Waals surface area contributed by atoms with Crippen LogP contribution in [0, 0.1) is 5.95 Å². The Morgan fingerprint density at radius 3 is 2.79 bits per heavy atom. The van der Waals surface area contributed by atoms with Gasteiger partial charge in [0.2, 0.25) is 5.95 Å². The molecule has 0 aromatic carbocycles. The van der Waals surface area contributed by atoms with E-state index in [1.54, 1.807) is 12.3 Å². The van der Waals surface area contributed by atoms with E-state index in [1.807, 2.05) is 0 Å². The average Bonchev–Trinajstić information content (AvgIpc) is 3.33. The van der Waals surface area contributed by atoms with Gasteiger partial charge in [0.25, 0.3) is 0 Å². The third-order valence-electron chi connectivity index (χ3n) is 4.38. The van der Waals surface area contributed by atoms with Crippen LogP contribution in [0.1, 0.15) is 6.04 Å². The molecule has 154 valence electrons. The molecule has 10 nitrogen and oxygen atoms in total. The molecule has 1 aliphatic rings. The Hall–Kier alpha value is -2.09. The minimum absolute atomic E-state index is 0.198. The number of nitrogens with zero attached hydrogens (tertiary/aromatic N) is 6. The van der Waals surface area contributed by atoms with Crippen molar-refractivity contribution in [2.75, 3.05) is 6.61 Å². The zero-order valence-electron chi connectivity index (χ0n) is 14.7. The SMILES string of the molecule is OCC1O[C@H](Sc2cncc(Cl)c2)C(O)[C@@H](n2cc(-n3ccc(F)n3)nn2)[C@H]1O. The van der Waals surface area contributed by atoms with E-state index in [0.29, 0.717) is 9.92 Å². The minimum Gasteiger partial charge on any atom is -0.394 e. The highest BCUT2D eigenvalue weighted by atomic mass is 35.5. The lowest BCUT2D eigenvalue weighted by molar-refractivity contribution is -0.178. The first-order valence-electron chi connectivity index (χ1n) is 8.49. The molecule has 13 heteroatoms. The number of hydrogen-bond donors (Lipinski definition) is 3. The topological polar surface area (TPSA) is 131 Å². The van der Waals surface area contributed by atoms with Gasteiger partial charge in [-0.25, -0.2) is 9.36 Å².